The van der Waals surface area contributed by atoms with Crippen molar-refractivity contribution < 1.29 is 8.42 Å². The molecule has 2 rings (SSSR count). The first-order valence-corrected chi connectivity index (χ1v) is 8.39. The third-order valence-electron chi connectivity index (χ3n) is 3.14. The normalized spacial score (nSPS) is 19.1. The van der Waals surface area contributed by atoms with Crippen LogP contribution in [0.2, 0.25) is 0 Å². The van der Waals surface area contributed by atoms with Crippen molar-refractivity contribution in [2.24, 2.45) is 5.92 Å². The van der Waals surface area contributed by atoms with E-state index in [-0.39, 0.29) is 0 Å². The summed E-state index contributed by atoms with van der Waals surface area (Å²) in [4.78, 5) is 0. The predicted molar refractivity (Wildman–Crippen MR) is 79.9 cm³/mol. The fourth-order valence-electron chi connectivity index (χ4n) is 2.21. The van der Waals surface area contributed by atoms with Crippen LogP contribution in [0.3, 0.4) is 0 Å². The highest BCUT2D eigenvalue weighted by Crippen LogP contribution is 2.20. The zero-order valence-electron chi connectivity index (χ0n) is 11.1. The summed E-state index contributed by atoms with van der Waals surface area (Å²) < 4.78 is 24.8. The zero-order chi connectivity index (χ0) is 13.7. The Kier molecular flexibility index (Phi) is 4.47. The van der Waals surface area contributed by atoms with Crippen LogP contribution in [-0.2, 0) is 10.0 Å². The molecule has 0 fully saturated rings. The monoisotopic (exact) mass is 280 g/mol. The second-order valence-electron chi connectivity index (χ2n) is 4.99. The molecule has 1 atom stereocenters. The van der Waals surface area contributed by atoms with Crippen molar-refractivity contribution in [1.82, 2.24) is 0 Å². The second kappa shape index (κ2) is 6.10. The number of allylic oxidation sites excluding steroid dienone is 2. The number of benzene rings is 1. The SMILES string of the molecule is CS(=O)(=O)Nc1cccc(NCC2CC=CCC2)c1. The molecule has 0 aliphatic heterocycles. The number of nitrogens with one attached hydrogen (secondary N) is 2. The van der Waals surface area contributed by atoms with E-state index in [2.05, 4.69) is 22.2 Å². The number of rotatable bonds is 5. The second-order valence-corrected chi connectivity index (χ2v) is 6.73. The molecule has 0 saturated heterocycles. The average molecular weight is 280 g/mol. The first-order valence-electron chi connectivity index (χ1n) is 6.50. The van der Waals surface area contributed by atoms with Crippen LogP contribution in [0.25, 0.3) is 0 Å². The van der Waals surface area contributed by atoms with Crippen molar-refractivity contribution in [2.45, 2.75) is 19.3 Å². The highest BCUT2D eigenvalue weighted by Gasteiger charge is 2.09. The predicted octanol–water partition coefficient (Wildman–Crippen LogP) is 2.83. The standard InChI is InChI=1S/C14H20N2O2S/c1-19(17,18)16-14-9-5-8-13(10-14)15-11-12-6-3-2-4-7-12/h2-3,5,8-10,12,15-16H,4,6-7,11H2,1H3. The van der Waals surface area contributed by atoms with E-state index in [1.165, 1.54) is 6.42 Å². The number of hydrogen-bond acceptors (Lipinski definition) is 3. The third-order valence-corrected chi connectivity index (χ3v) is 3.74. The largest absolute Gasteiger partial charge is 0.385 e. The van der Waals surface area contributed by atoms with Gasteiger partial charge in [0.1, 0.15) is 0 Å². The number of anilines is 2. The Morgan fingerprint density at radius 1 is 1.26 bits per heavy atom. The lowest BCUT2D eigenvalue weighted by Crippen LogP contribution is -2.15. The molecule has 0 aromatic heterocycles. The summed E-state index contributed by atoms with van der Waals surface area (Å²) in [6.07, 6.45) is 9.10. The topological polar surface area (TPSA) is 58.2 Å². The van der Waals surface area contributed by atoms with Crippen molar-refractivity contribution in [2.75, 3.05) is 22.8 Å². The molecule has 19 heavy (non-hydrogen) atoms. The van der Waals surface area contributed by atoms with Gasteiger partial charge in [-0.2, -0.15) is 0 Å². The summed E-state index contributed by atoms with van der Waals surface area (Å²) >= 11 is 0. The van der Waals surface area contributed by atoms with Gasteiger partial charge < -0.3 is 5.32 Å². The fourth-order valence-corrected chi connectivity index (χ4v) is 2.77. The smallest absolute Gasteiger partial charge is 0.229 e. The Morgan fingerprint density at radius 3 is 2.74 bits per heavy atom. The van der Waals surface area contributed by atoms with Crippen LogP contribution in [0.5, 0.6) is 0 Å². The molecule has 104 valence electrons. The molecule has 0 bridgehead atoms. The lowest BCUT2D eigenvalue weighted by atomic mass is 9.94. The molecule has 1 aromatic rings. The summed E-state index contributed by atoms with van der Waals surface area (Å²) in [7, 11) is -3.22. The average Bonchev–Trinajstić information content (AvgIpc) is 2.36. The maximum Gasteiger partial charge on any atom is 0.229 e. The van der Waals surface area contributed by atoms with Crippen molar-refractivity contribution in [3.63, 3.8) is 0 Å². The molecule has 1 aromatic carbocycles. The highest BCUT2D eigenvalue weighted by atomic mass is 32.2. The van der Waals surface area contributed by atoms with Gasteiger partial charge in [0.2, 0.25) is 10.0 Å². The lowest BCUT2D eigenvalue weighted by Gasteiger charge is -2.19. The van der Waals surface area contributed by atoms with Crippen molar-refractivity contribution >= 4 is 21.4 Å². The molecule has 0 amide bonds. The molecule has 4 nitrogen and oxygen atoms in total. The molecule has 1 aliphatic carbocycles. The van der Waals surface area contributed by atoms with Gasteiger partial charge in [0.15, 0.2) is 0 Å². The van der Waals surface area contributed by atoms with Crippen LogP contribution < -0.4 is 10.0 Å². The number of hydrogen-bond donors (Lipinski definition) is 2. The molecule has 0 radical (unpaired) electrons. The summed E-state index contributed by atoms with van der Waals surface area (Å²) in [5.74, 6) is 0.663. The van der Waals surface area contributed by atoms with Gasteiger partial charge >= 0.3 is 0 Å². The molecule has 0 saturated carbocycles. The Labute approximate surface area is 115 Å². The zero-order valence-corrected chi connectivity index (χ0v) is 11.9. The summed E-state index contributed by atoms with van der Waals surface area (Å²) in [5.41, 5.74) is 1.54. The minimum Gasteiger partial charge on any atom is -0.385 e. The molecule has 0 spiro atoms. The van der Waals surface area contributed by atoms with Crippen LogP contribution in [0.1, 0.15) is 19.3 Å². The van der Waals surface area contributed by atoms with Gasteiger partial charge in [0, 0.05) is 12.2 Å². The van der Waals surface area contributed by atoms with E-state index >= 15 is 0 Å². The van der Waals surface area contributed by atoms with Gasteiger partial charge in [-0.15, -0.1) is 0 Å². The highest BCUT2D eigenvalue weighted by molar-refractivity contribution is 7.92. The maximum atomic E-state index is 11.2. The van der Waals surface area contributed by atoms with Crippen LogP contribution >= 0.6 is 0 Å². The molecule has 1 unspecified atom stereocenters. The van der Waals surface area contributed by atoms with Gasteiger partial charge in [-0.1, -0.05) is 18.2 Å². The van der Waals surface area contributed by atoms with Gasteiger partial charge in [-0.25, -0.2) is 8.42 Å². The van der Waals surface area contributed by atoms with E-state index in [0.717, 1.165) is 31.3 Å². The minimum atomic E-state index is -3.22. The minimum absolute atomic E-state index is 0.594. The van der Waals surface area contributed by atoms with Crippen LogP contribution in [0.15, 0.2) is 36.4 Å². The summed E-state index contributed by atoms with van der Waals surface area (Å²) in [5, 5.41) is 3.37. The Morgan fingerprint density at radius 2 is 2.05 bits per heavy atom. The maximum absolute atomic E-state index is 11.2. The van der Waals surface area contributed by atoms with E-state index in [9.17, 15) is 8.42 Å². The Bertz CT molecular complexity index is 552. The van der Waals surface area contributed by atoms with Crippen molar-refractivity contribution in [1.29, 1.82) is 0 Å². The van der Waals surface area contributed by atoms with E-state index in [0.29, 0.717) is 11.6 Å². The van der Waals surface area contributed by atoms with Crippen molar-refractivity contribution in [3.8, 4) is 0 Å². The van der Waals surface area contributed by atoms with E-state index in [4.69, 9.17) is 0 Å². The lowest BCUT2D eigenvalue weighted by molar-refractivity contribution is 0.504. The quantitative estimate of drug-likeness (QED) is 0.815. The van der Waals surface area contributed by atoms with Gasteiger partial charge in [-0.3, -0.25) is 4.72 Å². The Balaban J connectivity index is 1.93. The van der Waals surface area contributed by atoms with Crippen molar-refractivity contribution in [3.05, 3.63) is 36.4 Å². The molecule has 0 heterocycles. The van der Waals surface area contributed by atoms with E-state index in [1.54, 1.807) is 6.07 Å². The van der Waals surface area contributed by atoms with Gasteiger partial charge in [-0.05, 0) is 43.4 Å². The molecule has 5 heteroatoms. The van der Waals surface area contributed by atoms with E-state index < -0.39 is 10.0 Å². The molecule has 1 aliphatic rings. The summed E-state index contributed by atoms with van der Waals surface area (Å²) in [6, 6.07) is 7.36. The molecular weight excluding hydrogens is 260 g/mol. The van der Waals surface area contributed by atoms with Gasteiger partial charge in [0.25, 0.3) is 0 Å². The fraction of sp³-hybridized carbons (Fsp3) is 0.429. The van der Waals surface area contributed by atoms with E-state index in [1.807, 2.05) is 18.2 Å². The molecular formula is C14H20N2O2S. The summed E-state index contributed by atoms with van der Waals surface area (Å²) in [6.45, 7) is 0.923. The number of sulfonamides is 1. The third kappa shape index (κ3) is 4.95. The Hall–Kier alpha value is -1.49. The van der Waals surface area contributed by atoms with Crippen LogP contribution in [-0.4, -0.2) is 21.2 Å². The van der Waals surface area contributed by atoms with Gasteiger partial charge in [0.05, 0.1) is 11.9 Å². The molecule has 2 N–H and O–H groups in total. The first kappa shape index (κ1) is 13.9. The van der Waals surface area contributed by atoms with Crippen LogP contribution in [0, 0.1) is 5.92 Å². The first-order chi connectivity index (χ1) is 9.03. The van der Waals surface area contributed by atoms with Crippen LogP contribution in [0.4, 0.5) is 11.4 Å².